The van der Waals surface area contributed by atoms with Gasteiger partial charge in [-0.25, -0.2) is 0 Å². The molecule has 4 N–H and O–H groups in total. The Hall–Kier alpha value is -3.23. The first-order valence-electron chi connectivity index (χ1n) is 8.73. The molecule has 2 amide bonds. The monoisotopic (exact) mass is 425 g/mol. The van der Waals surface area contributed by atoms with Crippen LogP contribution >= 0.6 is 23.6 Å². The SMILES string of the molecule is Cc1c(Cc2ccccc2)sc(NC(=S)NC(=O)C=Cc2ccco2)c1C(N)=O. The number of thiocarbonyl (C=S) groups is 1. The zero-order valence-electron chi connectivity index (χ0n) is 15.6. The van der Waals surface area contributed by atoms with E-state index in [-0.39, 0.29) is 5.11 Å². The van der Waals surface area contributed by atoms with Gasteiger partial charge in [-0.1, -0.05) is 30.3 Å². The molecule has 2 heterocycles. The van der Waals surface area contributed by atoms with E-state index in [0.717, 1.165) is 16.0 Å². The van der Waals surface area contributed by atoms with E-state index in [4.69, 9.17) is 22.4 Å². The summed E-state index contributed by atoms with van der Waals surface area (Å²) in [6.45, 7) is 1.85. The van der Waals surface area contributed by atoms with Crippen LogP contribution in [0.1, 0.15) is 32.1 Å². The molecule has 0 spiro atoms. The molecule has 0 fully saturated rings. The zero-order valence-corrected chi connectivity index (χ0v) is 17.2. The molecule has 1 aromatic carbocycles. The summed E-state index contributed by atoms with van der Waals surface area (Å²) in [7, 11) is 0. The fourth-order valence-electron chi connectivity index (χ4n) is 2.73. The van der Waals surface area contributed by atoms with E-state index in [0.29, 0.717) is 22.7 Å². The fraction of sp³-hybridized carbons (Fsp3) is 0.0952. The van der Waals surface area contributed by atoms with E-state index in [1.807, 2.05) is 37.3 Å². The highest BCUT2D eigenvalue weighted by atomic mass is 32.1. The molecule has 0 aliphatic carbocycles. The number of rotatable bonds is 6. The standard InChI is InChI=1S/C21H19N3O3S2/c1-13-16(12-14-6-3-2-4-7-14)29-20(18(13)19(22)26)24-21(28)23-17(25)10-9-15-8-5-11-27-15/h2-11H,12H2,1H3,(H2,22,26)(H2,23,24,25,28). The van der Waals surface area contributed by atoms with Gasteiger partial charge < -0.3 is 15.5 Å². The molecule has 3 aromatic rings. The molecule has 148 valence electrons. The maximum Gasteiger partial charge on any atom is 0.251 e. The minimum atomic E-state index is -0.549. The molecule has 2 aromatic heterocycles. The summed E-state index contributed by atoms with van der Waals surface area (Å²) in [5, 5.41) is 6.06. The molecule has 0 saturated carbocycles. The van der Waals surface area contributed by atoms with Gasteiger partial charge >= 0.3 is 0 Å². The van der Waals surface area contributed by atoms with Crippen molar-refractivity contribution in [3.05, 3.63) is 82.1 Å². The van der Waals surface area contributed by atoms with Crippen molar-refractivity contribution < 1.29 is 14.0 Å². The number of hydrogen-bond donors (Lipinski definition) is 3. The number of amides is 2. The average Bonchev–Trinajstić information content (AvgIpc) is 3.29. The first kappa shape index (κ1) is 20.5. The summed E-state index contributed by atoms with van der Waals surface area (Å²) in [6, 6.07) is 13.4. The number of nitrogens with one attached hydrogen (secondary N) is 2. The number of furan rings is 1. The molecule has 0 unspecified atom stereocenters. The number of thiophene rings is 1. The van der Waals surface area contributed by atoms with Gasteiger partial charge in [-0.2, -0.15) is 0 Å². The molecule has 3 rings (SSSR count). The topological polar surface area (TPSA) is 97.4 Å². The second-order valence-corrected chi connectivity index (χ2v) is 7.69. The Balaban J connectivity index is 1.72. The van der Waals surface area contributed by atoms with Gasteiger partial charge in [-0.15, -0.1) is 11.3 Å². The zero-order chi connectivity index (χ0) is 20.8. The minimum Gasteiger partial charge on any atom is -0.465 e. The highest BCUT2D eigenvalue weighted by Gasteiger charge is 2.20. The van der Waals surface area contributed by atoms with E-state index in [1.54, 1.807) is 12.1 Å². The smallest absolute Gasteiger partial charge is 0.251 e. The molecule has 0 bridgehead atoms. The van der Waals surface area contributed by atoms with Gasteiger partial charge in [-0.3, -0.25) is 14.9 Å². The van der Waals surface area contributed by atoms with Gasteiger partial charge in [-0.05, 0) is 48.5 Å². The van der Waals surface area contributed by atoms with Crippen molar-refractivity contribution in [2.45, 2.75) is 13.3 Å². The number of nitrogens with two attached hydrogens (primary N) is 1. The highest BCUT2D eigenvalue weighted by molar-refractivity contribution is 7.80. The van der Waals surface area contributed by atoms with E-state index in [2.05, 4.69) is 10.6 Å². The molecular formula is C21H19N3O3S2. The van der Waals surface area contributed by atoms with Crippen LogP contribution in [-0.4, -0.2) is 16.9 Å². The Morgan fingerprint density at radius 2 is 1.97 bits per heavy atom. The van der Waals surface area contributed by atoms with Gasteiger partial charge in [0.05, 0.1) is 11.8 Å². The number of benzene rings is 1. The van der Waals surface area contributed by atoms with Gasteiger partial charge in [0.1, 0.15) is 10.8 Å². The first-order valence-corrected chi connectivity index (χ1v) is 9.96. The van der Waals surface area contributed by atoms with Crippen molar-refractivity contribution in [3.63, 3.8) is 0 Å². The van der Waals surface area contributed by atoms with Crippen LogP contribution in [0.15, 0.2) is 59.2 Å². The van der Waals surface area contributed by atoms with Crippen molar-refractivity contribution in [1.82, 2.24) is 5.32 Å². The lowest BCUT2D eigenvalue weighted by Gasteiger charge is -2.07. The third kappa shape index (κ3) is 5.40. The van der Waals surface area contributed by atoms with Crippen LogP contribution in [0.5, 0.6) is 0 Å². The van der Waals surface area contributed by atoms with Crippen LogP contribution in [0.4, 0.5) is 5.00 Å². The Labute approximate surface area is 177 Å². The second kappa shape index (κ2) is 9.31. The Bertz CT molecular complexity index is 1050. The minimum absolute atomic E-state index is 0.0779. The van der Waals surface area contributed by atoms with Crippen LogP contribution in [0.25, 0.3) is 6.08 Å². The summed E-state index contributed by atoms with van der Waals surface area (Å²) in [5.74, 6) is -0.417. The van der Waals surface area contributed by atoms with Crippen LogP contribution in [0, 0.1) is 6.92 Å². The number of anilines is 1. The summed E-state index contributed by atoms with van der Waals surface area (Å²) in [6.07, 6.45) is 5.02. The highest BCUT2D eigenvalue weighted by Crippen LogP contribution is 2.34. The lowest BCUT2D eigenvalue weighted by atomic mass is 10.1. The number of primary amides is 1. The van der Waals surface area contributed by atoms with Crippen LogP contribution in [-0.2, 0) is 11.2 Å². The lowest BCUT2D eigenvalue weighted by molar-refractivity contribution is -0.115. The van der Waals surface area contributed by atoms with Crippen LogP contribution < -0.4 is 16.4 Å². The summed E-state index contributed by atoms with van der Waals surface area (Å²) < 4.78 is 5.13. The lowest BCUT2D eigenvalue weighted by Crippen LogP contribution is -2.33. The molecule has 0 saturated heterocycles. The van der Waals surface area contributed by atoms with Gasteiger partial charge in [0.25, 0.3) is 5.91 Å². The normalized spacial score (nSPS) is 10.8. The predicted molar refractivity (Wildman–Crippen MR) is 119 cm³/mol. The summed E-state index contributed by atoms with van der Waals surface area (Å²) in [4.78, 5) is 25.0. The number of hydrogen-bond acceptors (Lipinski definition) is 5. The molecule has 6 nitrogen and oxygen atoms in total. The first-order chi connectivity index (χ1) is 13.9. The number of carbonyl (C=O) groups excluding carboxylic acids is 2. The predicted octanol–water partition coefficient (Wildman–Crippen LogP) is 3.87. The average molecular weight is 426 g/mol. The second-order valence-electron chi connectivity index (χ2n) is 6.17. The molecule has 0 atom stereocenters. The van der Waals surface area contributed by atoms with Crippen molar-refractivity contribution >= 4 is 51.6 Å². The third-order valence-corrected chi connectivity index (χ3v) is 5.52. The van der Waals surface area contributed by atoms with E-state index in [1.165, 1.54) is 29.8 Å². The van der Waals surface area contributed by atoms with Crippen LogP contribution in [0.2, 0.25) is 0 Å². The maximum atomic E-state index is 12.0. The summed E-state index contributed by atoms with van der Waals surface area (Å²) >= 11 is 6.60. The Morgan fingerprint density at radius 3 is 2.62 bits per heavy atom. The van der Waals surface area contributed by atoms with Gasteiger partial charge in [0.2, 0.25) is 5.91 Å². The van der Waals surface area contributed by atoms with Crippen molar-refractivity contribution in [2.24, 2.45) is 5.73 Å². The number of carbonyl (C=O) groups is 2. The van der Waals surface area contributed by atoms with E-state index in [9.17, 15) is 9.59 Å². The molecule has 0 aliphatic rings. The third-order valence-electron chi connectivity index (χ3n) is 4.11. The van der Waals surface area contributed by atoms with Crippen LogP contribution in [0.3, 0.4) is 0 Å². The Kier molecular flexibility index (Phi) is 6.58. The van der Waals surface area contributed by atoms with E-state index < -0.39 is 11.8 Å². The quantitative estimate of drug-likeness (QED) is 0.411. The Morgan fingerprint density at radius 1 is 1.21 bits per heavy atom. The molecule has 0 aliphatic heterocycles. The van der Waals surface area contributed by atoms with Crippen molar-refractivity contribution in [3.8, 4) is 0 Å². The maximum absolute atomic E-state index is 12.0. The largest absolute Gasteiger partial charge is 0.465 e. The van der Waals surface area contributed by atoms with Crippen molar-refractivity contribution in [1.29, 1.82) is 0 Å². The summed E-state index contributed by atoms with van der Waals surface area (Å²) in [5.41, 5.74) is 7.88. The molecular weight excluding hydrogens is 406 g/mol. The fourth-order valence-corrected chi connectivity index (χ4v) is 4.24. The molecule has 8 heteroatoms. The van der Waals surface area contributed by atoms with Gasteiger partial charge in [0.15, 0.2) is 5.11 Å². The molecule has 0 radical (unpaired) electrons. The van der Waals surface area contributed by atoms with E-state index >= 15 is 0 Å². The van der Waals surface area contributed by atoms with Gasteiger partial charge in [0, 0.05) is 17.4 Å². The van der Waals surface area contributed by atoms with Crippen molar-refractivity contribution in [2.75, 3.05) is 5.32 Å². The molecule has 29 heavy (non-hydrogen) atoms.